The number of aromatic nitrogens is 1. The first-order chi connectivity index (χ1) is 11.4. The van der Waals surface area contributed by atoms with Crippen molar-refractivity contribution in [1.82, 2.24) is 9.47 Å². The maximum Gasteiger partial charge on any atom is 0.317 e. The summed E-state index contributed by atoms with van der Waals surface area (Å²) in [4.78, 5) is 24.7. The van der Waals surface area contributed by atoms with Gasteiger partial charge in [-0.3, -0.25) is 14.5 Å². The van der Waals surface area contributed by atoms with Crippen LogP contribution in [0.4, 0.5) is 0 Å². The minimum Gasteiger partial charge on any atom is -0.480 e. The molecule has 0 aliphatic heterocycles. The summed E-state index contributed by atoms with van der Waals surface area (Å²) in [5.41, 5.74) is 3.93. The number of rotatable bonds is 8. The third-order valence-corrected chi connectivity index (χ3v) is 4.16. The van der Waals surface area contributed by atoms with Gasteiger partial charge in [-0.15, -0.1) is 0 Å². The van der Waals surface area contributed by atoms with Crippen molar-refractivity contribution in [3.05, 3.63) is 58.9 Å². The molecule has 0 saturated carbocycles. The highest BCUT2D eigenvalue weighted by Gasteiger charge is 2.18. The monoisotopic (exact) mass is 328 g/mol. The van der Waals surface area contributed by atoms with E-state index in [-0.39, 0.29) is 18.9 Å². The molecule has 0 spiro atoms. The molecule has 0 amide bonds. The van der Waals surface area contributed by atoms with Gasteiger partial charge < -0.3 is 9.67 Å². The van der Waals surface area contributed by atoms with Crippen LogP contribution >= 0.6 is 0 Å². The predicted molar refractivity (Wildman–Crippen MR) is 93.5 cm³/mol. The van der Waals surface area contributed by atoms with Gasteiger partial charge in [0.25, 0.3) is 0 Å². The number of aryl methyl sites for hydroxylation is 2. The van der Waals surface area contributed by atoms with Crippen LogP contribution in [-0.2, 0) is 17.8 Å². The second kappa shape index (κ2) is 7.93. The lowest BCUT2D eigenvalue weighted by molar-refractivity contribution is -0.137. The Morgan fingerprint density at radius 2 is 1.79 bits per heavy atom. The molecule has 1 aromatic carbocycles. The van der Waals surface area contributed by atoms with Crippen molar-refractivity contribution < 1.29 is 14.7 Å². The number of nitrogens with zero attached hydrogens (tertiary/aromatic N) is 2. The fraction of sp³-hybridized carbons (Fsp3) is 0.368. The molecule has 1 N–H and O–H groups in total. The Hall–Kier alpha value is -2.40. The van der Waals surface area contributed by atoms with Gasteiger partial charge in [-0.1, -0.05) is 30.3 Å². The Labute approximate surface area is 142 Å². The van der Waals surface area contributed by atoms with Gasteiger partial charge in [0.15, 0.2) is 5.78 Å². The summed E-state index contributed by atoms with van der Waals surface area (Å²) in [7, 11) is 1.64. The molecule has 2 aromatic rings. The number of carbonyl (C=O) groups is 2. The number of carbonyl (C=O) groups excluding carboxylic acids is 1. The first-order valence-corrected chi connectivity index (χ1v) is 8.02. The fourth-order valence-corrected chi connectivity index (χ4v) is 2.93. The number of carboxylic acids is 1. The van der Waals surface area contributed by atoms with Gasteiger partial charge in [-0.2, -0.15) is 0 Å². The number of ketones is 1. The highest BCUT2D eigenvalue weighted by atomic mass is 16.4. The zero-order chi connectivity index (χ0) is 17.7. The van der Waals surface area contributed by atoms with Crippen LogP contribution in [0.3, 0.4) is 0 Å². The van der Waals surface area contributed by atoms with Crippen LogP contribution in [0.15, 0.2) is 36.4 Å². The minimum absolute atomic E-state index is 0.0437. The molecule has 0 atom stereocenters. The second-order valence-electron chi connectivity index (χ2n) is 6.16. The van der Waals surface area contributed by atoms with E-state index in [1.165, 1.54) is 10.5 Å². The summed E-state index contributed by atoms with van der Waals surface area (Å²) in [6.07, 6.45) is 0.906. The zero-order valence-corrected chi connectivity index (χ0v) is 14.5. The topological polar surface area (TPSA) is 62.5 Å². The van der Waals surface area contributed by atoms with Crippen LogP contribution in [0.5, 0.6) is 0 Å². The first kappa shape index (κ1) is 17.9. The Kier molecular flexibility index (Phi) is 5.93. The van der Waals surface area contributed by atoms with Gasteiger partial charge in [-0.05, 0) is 38.9 Å². The Morgan fingerprint density at radius 3 is 2.42 bits per heavy atom. The zero-order valence-electron chi connectivity index (χ0n) is 14.5. The van der Waals surface area contributed by atoms with Gasteiger partial charge in [-0.25, -0.2) is 0 Å². The van der Waals surface area contributed by atoms with Gasteiger partial charge in [0.1, 0.15) is 0 Å². The van der Waals surface area contributed by atoms with Gasteiger partial charge in [0.05, 0.1) is 13.1 Å². The molecule has 2 rings (SSSR count). The molecular weight excluding hydrogens is 304 g/mol. The number of benzene rings is 1. The third kappa shape index (κ3) is 4.55. The molecule has 128 valence electrons. The van der Waals surface area contributed by atoms with Crippen LogP contribution in [0.25, 0.3) is 0 Å². The lowest BCUT2D eigenvalue weighted by Gasteiger charge is -2.13. The van der Waals surface area contributed by atoms with Gasteiger partial charge in [0.2, 0.25) is 0 Å². The van der Waals surface area contributed by atoms with Crippen LogP contribution in [0.1, 0.15) is 27.3 Å². The molecule has 24 heavy (non-hydrogen) atoms. The molecule has 0 unspecified atom stereocenters. The molecular formula is C19H24N2O3. The molecule has 0 aliphatic rings. The average Bonchev–Trinajstić information content (AvgIpc) is 2.80. The Balaban J connectivity index is 2.07. The summed E-state index contributed by atoms with van der Waals surface area (Å²) < 4.78 is 2.15. The average molecular weight is 328 g/mol. The summed E-state index contributed by atoms with van der Waals surface area (Å²) in [5.74, 6) is -0.976. The number of hydrogen-bond donors (Lipinski definition) is 1. The van der Waals surface area contributed by atoms with E-state index in [4.69, 9.17) is 5.11 Å². The summed E-state index contributed by atoms with van der Waals surface area (Å²) in [6, 6.07) is 12.1. The van der Waals surface area contributed by atoms with E-state index in [1.54, 1.807) is 7.05 Å². The Bertz CT molecular complexity index is 720. The summed E-state index contributed by atoms with van der Waals surface area (Å²) in [6.45, 7) is 4.73. The van der Waals surface area contributed by atoms with E-state index in [0.717, 1.165) is 24.4 Å². The highest BCUT2D eigenvalue weighted by Crippen LogP contribution is 2.17. The number of carboxylic acid groups (broad SMARTS) is 1. The lowest BCUT2D eigenvalue weighted by Crippen LogP contribution is -2.31. The van der Waals surface area contributed by atoms with Crippen molar-refractivity contribution in [3.8, 4) is 0 Å². The summed E-state index contributed by atoms with van der Waals surface area (Å²) in [5, 5.41) is 8.79. The highest BCUT2D eigenvalue weighted by molar-refractivity contribution is 5.99. The van der Waals surface area contributed by atoms with Crippen LogP contribution in [-0.4, -0.2) is 46.5 Å². The SMILES string of the molecule is Cc1cc(C(=O)CN(C)CC(=O)O)c(C)n1CCc1ccccc1. The van der Waals surface area contributed by atoms with Crippen LogP contribution in [0, 0.1) is 13.8 Å². The summed E-state index contributed by atoms with van der Waals surface area (Å²) >= 11 is 0. The molecule has 0 fully saturated rings. The maximum atomic E-state index is 12.4. The maximum absolute atomic E-state index is 12.4. The standard InChI is InChI=1S/C19H24N2O3/c1-14-11-17(18(22)12-20(3)13-19(23)24)15(2)21(14)10-9-16-7-5-4-6-8-16/h4-8,11H,9-10,12-13H2,1-3H3,(H,23,24). The molecule has 0 saturated heterocycles. The van der Waals surface area contributed by atoms with E-state index in [0.29, 0.717) is 5.56 Å². The van der Waals surface area contributed by atoms with E-state index < -0.39 is 5.97 Å². The van der Waals surface area contributed by atoms with Crippen LogP contribution < -0.4 is 0 Å². The van der Waals surface area contributed by atoms with Crippen molar-refractivity contribution in [1.29, 1.82) is 0 Å². The van der Waals surface area contributed by atoms with E-state index in [1.807, 2.05) is 38.1 Å². The van der Waals surface area contributed by atoms with E-state index in [2.05, 4.69) is 16.7 Å². The van der Waals surface area contributed by atoms with E-state index in [9.17, 15) is 9.59 Å². The largest absolute Gasteiger partial charge is 0.480 e. The Morgan fingerprint density at radius 1 is 1.12 bits per heavy atom. The van der Waals surface area contributed by atoms with Crippen molar-refractivity contribution in [2.75, 3.05) is 20.1 Å². The lowest BCUT2D eigenvalue weighted by atomic mass is 10.1. The number of hydrogen-bond acceptors (Lipinski definition) is 3. The minimum atomic E-state index is -0.932. The van der Waals surface area contributed by atoms with Crippen LogP contribution in [0.2, 0.25) is 0 Å². The first-order valence-electron chi connectivity index (χ1n) is 8.02. The van der Waals surface area contributed by atoms with E-state index >= 15 is 0 Å². The molecule has 0 bridgehead atoms. The number of aliphatic carboxylic acids is 1. The van der Waals surface area contributed by atoms with Gasteiger partial charge in [0, 0.05) is 23.5 Å². The second-order valence-corrected chi connectivity index (χ2v) is 6.16. The molecule has 5 nitrogen and oxygen atoms in total. The van der Waals surface area contributed by atoms with Crippen molar-refractivity contribution in [2.24, 2.45) is 0 Å². The van der Waals surface area contributed by atoms with Gasteiger partial charge >= 0.3 is 5.97 Å². The molecule has 1 aromatic heterocycles. The molecule has 1 heterocycles. The third-order valence-electron chi connectivity index (χ3n) is 4.16. The predicted octanol–water partition coefficient (Wildman–Crippen LogP) is 2.55. The molecule has 5 heteroatoms. The van der Waals surface area contributed by atoms with Crippen molar-refractivity contribution in [2.45, 2.75) is 26.8 Å². The smallest absolute Gasteiger partial charge is 0.317 e. The number of Topliss-reactive ketones (excluding diaryl/α,β-unsaturated/α-hetero) is 1. The molecule has 0 radical (unpaired) electrons. The normalized spacial score (nSPS) is 11.0. The number of likely N-dealkylation sites (N-methyl/N-ethyl adjacent to an activating group) is 1. The van der Waals surface area contributed by atoms with Crippen molar-refractivity contribution in [3.63, 3.8) is 0 Å². The molecule has 0 aliphatic carbocycles. The van der Waals surface area contributed by atoms with Crippen molar-refractivity contribution >= 4 is 11.8 Å². The fourth-order valence-electron chi connectivity index (χ4n) is 2.93. The quantitative estimate of drug-likeness (QED) is 0.757.